The molecule has 4 rings (SSSR count). The predicted molar refractivity (Wildman–Crippen MR) is 123 cm³/mol. The highest BCUT2D eigenvalue weighted by Crippen LogP contribution is 2.40. The molecule has 3 aromatic carbocycles. The summed E-state index contributed by atoms with van der Waals surface area (Å²) in [6, 6.07) is 22.0. The van der Waals surface area contributed by atoms with Crippen molar-refractivity contribution in [3.8, 4) is 11.5 Å². The highest BCUT2D eigenvalue weighted by molar-refractivity contribution is 6.00. The van der Waals surface area contributed by atoms with Crippen molar-refractivity contribution >= 4 is 11.1 Å². The van der Waals surface area contributed by atoms with E-state index >= 15 is 0 Å². The number of benzene rings is 3. The van der Waals surface area contributed by atoms with Gasteiger partial charge in [-0.2, -0.15) is 0 Å². The van der Waals surface area contributed by atoms with Crippen molar-refractivity contribution in [1.82, 2.24) is 0 Å². The zero-order valence-electron chi connectivity index (χ0n) is 17.7. The van der Waals surface area contributed by atoms with Gasteiger partial charge in [-0.3, -0.25) is 0 Å². The van der Waals surface area contributed by atoms with Crippen molar-refractivity contribution in [2.24, 2.45) is 0 Å². The van der Waals surface area contributed by atoms with E-state index in [0.717, 1.165) is 30.4 Å². The van der Waals surface area contributed by atoms with Crippen LogP contribution in [-0.2, 0) is 12.8 Å². The molecule has 1 atom stereocenters. The molecular formula is C27H28O4. The molecule has 3 aromatic rings. The second kappa shape index (κ2) is 9.38. The monoisotopic (exact) mass is 416 g/mol. The topological polar surface area (TPSA) is 69.9 Å². The summed E-state index contributed by atoms with van der Waals surface area (Å²) in [5.41, 5.74) is 8.47. The Balaban J connectivity index is 1.88. The molecule has 0 heterocycles. The lowest BCUT2D eigenvalue weighted by Gasteiger charge is -2.24. The molecular weight excluding hydrogens is 388 g/mol. The number of fused-ring (bicyclic) bond motifs is 2. The van der Waals surface area contributed by atoms with Gasteiger partial charge in [-0.05, 0) is 82.5 Å². The fourth-order valence-electron chi connectivity index (χ4n) is 4.28. The first-order valence-corrected chi connectivity index (χ1v) is 10.8. The van der Waals surface area contributed by atoms with Crippen molar-refractivity contribution < 1.29 is 20.1 Å². The smallest absolute Gasteiger partial charge is 0.119 e. The van der Waals surface area contributed by atoms with Crippen LogP contribution in [0.1, 0.15) is 41.2 Å². The van der Waals surface area contributed by atoms with E-state index in [4.69, 9.17) is 9.84 Å². The van der Waals surface area contributed by atoms with Gasteiger partial charge in [0.2, 0.25) is 0 Å². The largest absolute Gasteiger partial charge is 0.508 e. The average Bonchev–Trinajstić information content (AvgIpc) is 2.80. The molecule has 0 aliphatic heterocycles. The molecule has 0 amide bonds. The number of aliphatic hydroxyl groups is 2. The highest BCUT2D eigenvalue weighted by Gasteiger charge is 2.21. The fourth-order valence-corrected chi connectivity index (χ4v) is 4.28. The number of hydrogen-bond donors (Lipinski definition) is 3. The molecule has 3 N–H and O–H groups in total. The number of aromatic hydroxyl groups is 1. The SMILES string of the molecule is CC/C1=C(\c2ccc(O)cc2)c2ccc(OCC(O)CO)cc2CCc2ccccc21. The van der Waals surface area contributed by atoms with Crippen LogP contribution in [0.15, 0.2) is 66.7 Å². The van der Waals surface area contributed by atoms with Crippen molar-refractivity contribution in [3.05, 3.63) is 94.5 Å². The molecule has 0 saturated carbocycles. The molecule has 31 heavy (non-hydrogen) atoms. The van der Waals surface area contributed by atoms with E-state index in [1.807, 2.05) is 24.3 Å². The van der Waals surface area contributed by atoms with Crippen molar-refractivity contribution in [1.29, 1.82) is 0 Å². The van der Waals surface area contributed by atoms with E-state index in [1.54, 1.807) is 12.1 Å². The van der Waals surface area contributed by atoms with Gasteiger partial charge in [0.1, 0.15) is 24.2 Å². The molecule has 0 bridgehead atoms. The van der Waals surface area contributed by atoms with Gasteiger partial charge in [0.05, 0.1) is 6.61 Å². The molecule has 0 spiro atoms. The average molecular weight is 417 g/mol. The first kappa shape index (κ1) is 21.2. The number of hydrogen-bond acceptors (Lipinski definition) is 4. The van der Waals surface area contributed by atoms with E-state index in [0.29, 0.717) is 5.75 Å². The van der Waals surface area contributed by atoms with E-state index in [9.17, 15) is 10.2 Å². The first-order valence-electron chi connectivity index (χ1n) is 10.8. The van der Waals surface area contributed by atoms with Crippen molar-refractivity contribution in [2.45, 2.75) is 32.3 Å². The van der Waals surface area contributed by atoms with Crippen molar-refractivity contribution in [2.75, 3.05) is 13.2 Å². The third kappa shape index (κ3) is 4.50. The lowest BCUT2D eigenvalue weighted by atomic mass is 9.80. The van der Waals surface area contributed by atoms with Crippen LogP contribution < -0.4 is 4.74 Å². The Kier molecular flexibility index (Phi) is 6.40. The quantitative estimate of drug-likeness (QED) is 0.550. The summed E-state index contributed by atoms with van der Waals surface area (Å²) >= 11 is 0. The number of allylic oxidation sites excluding steroid dienone is 1. The zero-order valence-corrected chi connectivity index (χ0v) is 17.7. The van der Waals surface area contributed by atoms with Crippen molar-refractivity contribution in [3.63, 3.8) is 0 Å². The minimum atomic E-state index is -0.895. The molecule has 0 saturated heterocycles. The number of phenols is 1. The highest BCUT2D eigenvalue weighted by atomic mass is 16.5. The Bertz CT molecular complexity index is 1080. The molecule has 1 unspecified atom stereocenters. The van der Waals surface area contributed by atoms with Crippen LogP contribution in [0.5, 0.6) is 11.5 Å². The Morgan fingerprint density at radius 1 is 0.903 bits per heavy atom. The minimum Gasteiger partial charge on any atom is -0.508 e. The van der Waals surface area contributed by atoms with E-state index < -0.39 is 6.10 Å². The van der Waals surface area contributed by atoms with Gasteiger partial charge in [-0.1, -0.05) is 49.4 Å². The van der Waals surface area contributed by atoms with Gasteiger partial charge in [0, 0.05) is 0 Å². The molecule has 0 radical (unpaired) electrons. The second-order valence-electron chi connectivity index (χ2n) is 7.88. The van der Waals surface area contributed by atoms with Gasteiger partial charge in [-0.15, -0.1) is 0 Å². The molecule has 1 aliphatic carbocycles. The fraction of sp³-hybridized carbons (Fsp3) is 0.259. The molecule has 160 valence electrons. The second-order valence-corrected chi connectivity index (χ2v) is 7.88. The normalized spacial score (nSPS) is 16.6. The Labute approximate surface area is 183 Å². The maximum atomic E-state index is 9.82. The van der Waals surface area contributed by atoms with Crippen LogP contribution >= 0.6 is 0 Å². The number of ether oxygens (including phenoxy) is 1. The number of phenolic OH excluding ortho intramolecular Hbond substituents is 1. The zero-order chi connectivity index (χ0) is 21.8. The number of rotatable bonds is 6. The summed E-state index contributed by atoms with van der Waals surface area (Å²) in [5.74, 6) is 0.934. The van der Waals surface area contributed by atoms with Crippen LogP contribution in [0.4, 0.5) is 0 Å². The standard InChI is InChI=1S/C27H28O4/c1-2-24-25-6-4-3-5-18(25)7-8-20-15-23(31-17-22(30)16-28)13-14-26(20)27(24)19-9-11-21(29)12-10-19/h3-6,9-15,22,28-30H,2,7-8,16-17H2,1H3/b27-24-. The Morgan fingerprint density at radius 3 is 2.39 bits per heavy atom. The Hall–Kier alpha value is -3.08. The maximum Gasteiger partial charge on any atom is 0.119 e. The van der Waals surface area contributed by atoms with E-state index in [-0.39, 0.29) is 19.0 Å². The summed E-state index contributed by atoms with van der Waals surface area (Å²) in [6.07, 6.45) is 1.78. The lowest BCUT2D eigenvalue weighted by Crippen LogP contribution is -2.21. The Morgan fingerprint density at radius 2 is 1.65 bits per heavy atom. The van der Waals surface area contributed by atoms with Gasteiger partial charge < -0.3 is 20.1 Å². The summed E-state index contributed by atoms with van der Waals surface area (Å²) < 4.78 is 5.72. The third-order valence-corrected chi connectivity index (χ3v) is 5.82. The van der Waals surface area contributed by atoms with Crippen LogP contribution in [0, 0.1) is 0 Å². The molecule has 0 fully saturated rings. The van der Waals surface area contributed by atoms with E-state index in [2.05, 4.69) is 37.3 Å². The predicted octanol–water partition coefficient (Wildman–Crippen LogP) is 4.59. The van der Waals surface area contributed by atoms with Gasteiger partial charge >= 0.3 is 0 Å². The van der Waals surface area contributed by atoms with Gasteiger partial charge in [0.15, 0.2) is 0 Å². The molecule has 4 heteroatoms. The van der Waals surface area contributed by atoms with Gasteiger partial charge in [0.25, 0.3) is 0 Å². The third-order valence-electron chi connectivity index (χ3n) is 5.82. The molecule has 1 aliphatic rings. The molecule has 0 aromatic heterocycles. The summed E-state index contributed by atoms with van der Waals surface area (Å²) in [5, 5.41) is 28.5. The van der Waals surface area contributed by atoms with Gasteiger partial charge in [-0.25, -0.2) is 0 Å². The lowest BCUT2D eigenvalue weighted by molar-refractivity contribution is 0.0536. The summed E-state index contributed by atoms with van der Waals surface area (Å²) in [4.78, 5) is 0. The van der Waals surface area contributed by atoms with Crippen LogP contribution in [0.25, 0.3) is 11.1 Å². The minimum absolute atomic E-state index is 0.0546. The first-order chi connectivity index (χ1) is 15.1. The summed E-state index contributed by atoms with van der Waals surface area (Å²) in [7, 11) is 0. The maximum absolute atomic E-state index is 9.82. The van der Waals surface area contributed by atoms with Crippen LogP contribution in [-0.4, -0.2) is 34.6 Å². The molecule has 4 nitrogen and oxygen atoms in total. The number of aryl methyl sites for hydroxylation is 2. The van der Waals surface area contributed by atoms with Crippen LogP contribution in [0.3, 0.4) is 0 Å². The van der Waals surface area contributed by atoms with Crippen LogP contribution in [0.2, 0.25) is 0 Å². The van der Waals surface area contributed by atoms with E-state index in [1.165, 1.54) is 27.8 Å². The number of aliphatic hydroxyl groups excluding tert-OH is 2. The summed E-state index contributed by atoms with van der Waals surface area (Å²) in [6.45, 7) is 1.91.